The third-order valence-electron chi connectivity index (χ3n) is 1.55. The van der Waals surface area contributed by atoms with Crippen molar-refractivity contribution in [1.82, 2.24) is 9.78 Å². The Kier molecular flexibility index (Phi) is 2.14. The Labute approximate surface area is 66.6 Å². The van der Waals surface area contributed by atoms with Crippen LogP contribution in [0.2, 0.25) is 0 Å². The maximum Gasteiger partial charge on any atom is 0.0900 e. The van der Waals surface area contributed by atoms with Gasteiger partial charge >= 0.3 is 0 Å². The summed E-state index contributed by atoms with van der Waals surface area (Å²) < 4.78 is 1.73. The molecule has 0 bridgehead atoms. The van der Waals surface area contributed by atoms with Gasteiger partial charge in [0.1, 0.15) is 0 Å². The van der Waals surface area contributed by atoms with Crippen LogP contribution < -0.4 is 10.9 Å². The third kappa shape index (κ3) is 1.71. The molecule has 4 nitrogen and oxygen atoms in total. The summed E-state index contributed by atoms with van der Waals surface area (Å²) in [6.07, 6.45) is 3.64. The van der Waals surface area contributed by atoms with E-state index < -0.39 is 0 Å². The lowest BCUT2D eigenvalue weighted by Gasteiger charge is -2.20. The monoisotopic (exact) mass is 154 g/mol. The highest BCUT2D eigenvalue weighted by atomic mass is 15.4. The first kappa shape index (κ1) is 8.07. The molecule has 0 fully saturated rings. The predicted octanol–water partition coefficient (Wildman–Crippen LogP) is 0.509. The number of nitrogens with zero attached hydrogens (tertiary/aromatic N) is 3. The molecule has 4 heteroatoms. The number of hydrazine groups is 1. The molecule has 62 valence electrons. The van der Waals surface area contributed by atoms with Crippen molar-refractivity contribution in [3.8, 4) is 0 Å². The predicted molar refractivity (Wildman–Crippen MR) is 45.0 cm³/mol. The first-order valence-electron chi connectivity index (χ1n) is 3.64. The highest BCUT2D eigenvalue weighted by Crippen LogP contribution is 2.10. The van der Waals surface area contributed by atoms with Gasteiger partial charge in [-0.1, -0.05) is 0 Å². The molecular formula is C7H14N4. The summed E-state index contributed by atoms with van der Waals surface area (Å²) >= 11 is 0. The van der Waals surface area contributed by atoms with E-state index in [0.717, 1.165) is 5.69 Å². The minimum Gasteiger partial charge on any atom is -0.305 e. The molecule has 0 spiro atoms. The van der Waals surface area contributed by atoms with Crippen molar-refractivity contribution < 1.29 is 0 Å². The lowest BCUT2D eigenvalue weighted by atomic mass is 10.3. The van der Waals surface area contributed by atoms with Crippen LogP contribution in [-0.2, 0) is 7.05 Å². The van der Waals surface area contributed by atoms with Gasteiger partial charge in [0.15, 0.2) is 0 Å². The van der Waals surface area contributed by atoms with E-state index >= 15 is 0 Å². The van der Waals surface area contributed by atoms with E-state index in [0.29, 0.717) is 6.04 Å². The van der Waals surface area contributed by atoms with Crippen molar-refractivity contribution in [2.45, 2.75) is 19.9 Å². The van der Waals surface area contributed by atoms with E-state index in [1.807, 2.05) is 27.1 Å². The fraction of sp³-hybridized carbons (Fsp3) is 0.571. The highest BCUT2D eigenvalue weighted by molar-refractivity contribution is 5.40. The van der Waals surface area contributed by atoms with Gasteiger partial charge in [-0.15, -0.1) is 0 Å². The van der Waals surface area contributed by atoms with Crippen molar-refractivity contribution in [2.75, 3.05) is 5.01 Å². The van der Waals surface area contributed by atoms with Gasteiger partial charge in [-0.05, 0) is 13.8 Å². The summed E-state index contributed by atoms with van der Waals surface area (Å²) in [4.78, 5) is 0. The summed E-state index contributed by atoms with van der Waals surface area (Å²) in [6, 6.07) is 0.305. The summed E-state index contributed by atoms with van der Waals surface area (Å²) in [5, 5.41) is 5.70. The van der Waals surface area contributed by atoms with Crippen LogP contribution in [0.3, 0.4) is 0 Å². The van der Waals surface area contributed by atoms with Crippen molar-refractivity contribution in [3.05, 3.63) is 12.4 Å². The van der Waals surface area contributed by atoms with Crippen LogP contribution in [-0.4, -0.2) is 15.8 Å². The number of rotatable bonds is 2. The Hall–Kier alpha value is -1.03. The van der Waals surface area contributed by atoms with Crippen LogP contribution in [0, 0.1) is 0 Å². The Morgan fingerprint density at radius 2 is 2.27 bits per heavy atom. The van der Waals surface area contributed by atoms with Crippen LogP contribution in [0.1, 0.15) is 13.8 Å². The number of aromatic nitrogens is 2. The molecule has 1 aromatic heterocycles. The van der Waals surface area contributed by atoms with Crippen LogP contribution in [0.15, 0.2) is 12.4 Å². The molecule has 0 aliphatic carbocycles. The minimum atomic E-state index is 0.305. The Morgan fingerprint density at radius 1 is 1.64 bits per heavy atom. The maximum absolute atomic E-state index is 5.73. The van der Waals surface area contributed by atoms with Gasteiger partial charge in [-0.25, -0.2) is 5.84 Å². The van der Waals surface area contributed by atoms with E-state index in [2.05, 4.69) is 5.10 Å². The molecule has 0 saturated heterocycles. The van der Waals surface area contributed by atoms with E-state index in [-0.39, 0.29) is 0 Å². The third-order valence-corrected chi connectivity index (χ3v) is 1.55. The quantitative estimate of drug-likeness (QED) is 0.498. The standard InChI is InChI=1S/C7H14N4/c1-6(2)11(8)7-4-9-10(3)5-7/h4-6H,8H2,1-3H3. The number of anilines is 1. The fourth-order valence-corrected chi connectivity index (χ4v) is 0.840. The number of hydrogen-bond donors (Lipinski definition) is 1. The maximum atomic E-state index is 5.73. The van der Waals surface area contributed by atoms with Gasteiger partial charge in [-0.2, -0.15) is 5.10 Å². The van der Waals surface area contributed by atoms with Gasteiger partial charge in [0, 0.05) is 19.3 Å². The molecule has 1 aromatic rings. The second-order valence-corrected chi connectivity index (χ2v) is 2.87. The zero-order valence-electron chi connectivity index (χ0n) is 7.15. The van der Waals surface area contributed by atoms with Crippen molar-refractivity contribution in [3.63, 3.8) is 0 Å². The van der Waals surface area contributed by atoms with Gasteiger partial charge in [0.25, 0.3) is 0 Å². The summed E-state index contributed by atoms with van der Waals surface area (Å²) in [7, 11) is 1.87. The smallest absolute Gasteiger partial charge is 0.0900 e. The Morgan fingerprint density at radius 3 is 2.64 bits per heavy atom. The average molecular weight is 154 g/mol. The summed E-state index contributed by atoms with van der Waals surface area (Å²) in [5.41, 5.74) is 0.947. The molecule has 1 rings (SSSR count). The van der Waals surface area contributed by atoms with Crippen molar-refractivity contribution >= 4 is 5.69 Å². The highest BCUT2D eigenvalue weighted by Gasteiger charge is 2.06. The number of hydrogen-bond acceptors (Lipinski definition) is 3. The molecule has 0 atom stereocenters. The molecule has 0 radical (unpaired) electrons. The van der Waals surface area contributed by atoms with Gasteiger partial charge in [0.2, 0.25) is 0 Å². The van der Waals surface area contributed by atoms with E-state index in [1.165, 1.54) is 0 Å². The second kappa shape index (κ2) is 2.92. The Balaban J connectivity index is 2.76. The second-order valence-electron chi connectivity index (χ2n) is 2.87. The van der Waals surface area contributed by atoms with Crippen LogP contribution in [0.4, 0.5) is 5.69 Å². The molecular weight excluding hydrogens is 140 g/mol. The minimum absolute atomic E-state index is 0.305. The largest absolute Gasteiger partial charge is 0.305 e. The molecule has 2 N–H and O–H groups in total. The van der Waals surface area contributed by atoms with Crippen molar-refractivity contribution in [2.24, 2.45) is 12.9 Å². The van der Waals surface area contributed by atoms with Gasteiger partial charge < -0.3 is 5.01 Å². The molecule has 1 heterocycles. The van der Waals surface area contributed by atoms with E-state index in [1.54, 1.807) is 15.9 Å². The first-order chi connectivity index (χ1) is 5.11. The lowest BCUT2D eigenvalue weighted by molar-refractivity contribution is 0.710. The summed E-state index contributed by atoms with van der Waals surface area (Å²) in [5.74, 6) is 5.73. The molecule has 0 unspecified atom stereocenters. The molecule has 11 heavy (non-hydrogen) atoms. The SMILES string of the molecule is CC(C)N(N)c1cnn(C)c1. The van der Waals surface area contributed by atoms with Crippen molar-refractivity contribution in [1.29, 1.82) is 0 Å². The van der Waals surface area contributed by atoms with Crippen LogP contribution in [0.25, 0.3) is 0 Å². The number of nitrogens with two attached hydrogens (primary N) is 1. The zero-order chi connectivity index (χ0) is 8.43. The zero-order valence-corrected chi connectivity index (χ0v) is 7.15. The molecule has 0 saturated carbocycles. The lowest BCUT2D eigenvalue weighted by Crippen LogP contribution is -2.37. The van der Waals surface area contributed by atoms with Gasteiger partial charge in [0.05, 0.1) is 11.9 Å². The molecule has 0 aliphatic rings. The van der Waals surface area contributed by atoms with Gasteiger partial charge in [-0.3, -0.25) is 4.68 Å². The molecule has 0 aliphatic heterocycles. The molecule has 0 aromatic carbocycles. The van der Waals surface area contributed by atoms with E-state index in [4.69, 9.17) is 5.84 Å². The Bertz CT molecular complexity index is 228. The topological polar surface area (TPSA) is 47.1 Å². The van der Waals surface area contributed by atoms with Crippen LogP contribution >= 0.6 is 0 Å². The number of aryl methyl sites for hydroxylation is 1. The molecule has 0 amide bonds. The van der Waals surface area contributed by atoms with E-state index in [9.17, 15) is 0 Å². The normalized spacial score (nSPS) is 10.6. The average Bonchev–Trinajstić information content (AvgIpc) is 2.34. The summed E-state index contributed by atoms with van der Waals surface area (Å²) in [6.45, 7) is 4.07. The fourth-order valence-electron chi connectivity index (χ4n) is 0.840. The van der Waals surface area contributed by atoms with Crippen LogP contribution in [0.5, 0.6) is 0 Å². The first-order valence-corrected chi connectivity index (χ1v) is 3.64.